The summed E-state index contributed by atoms with van der Waals surface area (Å²) >= 11 is 0. The van der Waals surface area contributed by atoms with Crippen LogP contribution in [0.15, 0.2) is 41.7 Å². The van der Waals surface area contributed by atoms with E-state index in [1.54, 1.807) is 11.7 Å². The molecular formula is C23H32N6O2. The Hall–Kier alpha value is -2.87. The summed E-state index contributed by atoms with van der Waals surface area (Å²) in [5.74, 6) is 1.09. The molecule has 1 fully saturated rings. The molecule has 1 N–H and O–H groups in total. The van der Waals surface area contributed by atoms with Crippen molar-refractivity contribution in [1.82, 2.24) is 24.9 Å². The van der Waals surface area contributed by atoms with Crippen molar-refractivity contribution in [2.45, 2.75) is 31.9 Å². The first-order chi connectivity index (χ1) is 15.1. The molecule has 1 aromatic carbocycles. The summed E-state index contributed by atoms with van der Waals surface area (Å²) in [5.41, 5.74) is 3.72. The quantitative estimate of drug-likeness (QED) is 0.450. The molecule has 1 saturated heterocycles. The molecule has 2 aliphatic rings. The molecule has 1 atom stereocenters. The first-order valence-corrected chi connectivity index (χ1v) is 11.0. The molecule has 8 heteroatoms. The van der Waals surface area contributed by atoms with Crippen LogP contribution in [0.1, 0.15) is 35.6 Å². The van der Waals surface area contributed by atoms with Gasteiger partial charge in [0.1, 0.15) is 6.10 Å². The molecule has 1 unspecified atom stereocenters. The number of nitrogens with one attached hydrogen (secondary N) is 1. The number of hydrogen-bond donors (Lipinski definition) is 1. The third kappa shape index (κ3) is 5.25. The number of aromatic nitrogens is 2. The van der Waals surface area contributed by atoms with Gasteiger partial charge in [-0.15, -0.1) is 0 Å². The summed E-state index contributed by atoms with van der Waals surface area (Å²) < 4.78 is 7.72. The first-order valence-electron chi connectivity index (χ1n) is 11.0. The molecule has 166 valence electrons. The number of benzene rings is 1. The topological polar surface area (TPSA) is 75.0 Å². The minimum atomic E-state index is -0.00967. The van der Waals surface area contributed by atoms with E-state index in [9.17, 15) is 4.79 Å². The van der Waals surface area contributed by atoms with E-state index in [4.69, 9.17) is 4.74 Å². The van der Waals surface area contributed by atoms with Crippen molar-refractivity contribution in [3.63, 3.8) is 0 Å². The van der Waals surface area contributed by atoms with Gasteiger partial charge in [-0.1, -0.05) is 24.3 Å². The minimum Gasteiger partial charge on any atom is -0.370 e. The fourth-order valence-electron chi connectivity index (χ4n) is 4.29. The van der Waals surface area contributed by atoms with Gasteiger partial charge in [0, 0.05) is 58.5 Å². The highest BCUT2D eigenvalue weighted by molar-refractivity contribution is 5.80. The highest BCUT2D eigenvalue weighted by Gasteiger charge is 2.25. The third-order valence-corrected chi connectivity index (χ3v) is 6.01. The van der Waals surface area contributed by atoms with E-state index in [1.165, 1.54) is 11.1 Å². The summed E-state index contributed by atoms with van der Waals surface area (Å²) in [6.07, 6.45) is 6.12. The van der Waals surface area contributed by atoms with Crippen molar-refractivity contribution in [3.8, 4) is 0 Å². The number of rotatable bonds is 5. The van der Waals surface area contributed by atoms with Crippen molar-refractivity contribution < 1.29 is 9.53 Å². The van der Waals surface area contributed by atoms with Gasteiger partial charge in [-0.25, -0.2) is 0 Å². The molecule has 3 heterocycles. The lowest BCUT2D eigenvalue weighted by Crippen LogP contribution is -2.48. The average Bonchev–Trinajstić information content (AvgIpc) is 3.25. The number of hydrogen-bond acceptors (Lipinski definition) is 4. The van der Waals surface area contributed by atoms with Crippen LogP contribution < -0.4 is 5.32 Å². The van der Waals surface area contributed by atoms with Crippen LogP contribution in [0.4, 0.5) is 0 Å². The normalized spacial score (nSPS) is 19.3. The van der Waals surface area contributed by atoms with E-state index in [1.807, 2.05) is 30.4 Å². The standard InChI is InChI=1S/C23H32N6O2/c1-24-23(29-12-13-31-21(17-29)20-14-26-27(2)15-20)25-10-5-8-22(30)28-11-9-18-6-3-4-7-19(18)16-28/h3-4,6-7,14-15,21H,5,8-13,16-17H2,1-2H3,(H,24,25). The Kier molecular flexibility index (Phi) is 6.86. The van der Waals surface area contributed by atoms with Crippen LogP contribution in [0, 0.1) is 0 Å². The Morgan fingerprint density at radius 2 is 2.10 bits per heavy atom. The van der Waals surface area contributed by atoms with E-state index >= 15 is 0 Å². The molecule has 1 aromatic heterocycles. The zero-order chi connectivity index (χ0) is 21.6. The second kappa shape index (κ2) is 9.96. The third-order valence-electron chi connectivity index (χ3n) is 6.01. The van der Waals surface area contributed by atoms with Crippen molar-refractivity contribution in [3.05, 3.63) is 53.3 Å². The van der Waals surface area contributed by atoms with Gasteiger partial charge < -0.3 is 19.9 Å². The Bertz CT molecular complexity index is 924. The molecule has 4 rings (SSSR count). The van der Waals surface area contributed by atoms with Crippen LogP contribution in [0.5, 0.6) is 0 Å². The number of guanidine groups is 1. The number of aliphatic imine (C=N–C) groups is 1. The SMILES string of the molecule is CN=C(NCCCC(=O)N1CCc2ccccc2C1)N1CCOC(c2cnn(C)c2)C1. The van der Waals surface area contributed by atoms with Crippen molar-refractivity contribution in [1.29, 1.82) is 0 Å². The number of nitrogens with zero attached hydrogens (tertiary/aromatic N) is 5. The number of carbonyl (C=O) groups is 1. The fourth-order valence-corrected chi connectivity index (χ4v) is 4.29. The highest BCUT2D eigenvalue weighted by Crippen LogP contribution is 2.22. The summed E-state index contributed by atoms with van der Waals surface area (Å²) in [6.45, 7) is 4.44. The summed E-state index contributed by atoms with van der Waals surface area (Å²) in [5, 5.41) is 7.67. The van der Waals surface area contributed by atoms with Gasteiger partial charge in [-0.3, -0.25) is 14.5 Å². The smallest absolute Gasteiger partial charge is 0.222 e. The predicted octanol–water partition coefficient (Wildman–Crippen LogP) is 1.73. The molecule has 0 aliphatic carbocycles. The molecule has 0 spiro atoms. The largest absolute Gasteiger partial charge is 0.370 e. The van der Waals surface area contributed by atoms with E-state index in [0.29, 0.717) is 13.0 Å². The van der Waals surface area contributed by atoms with E-state index in [-0.39, 0.29) is 12.0 Å². The number of amides is 1. The van der Waals surface area contributed by atoms with E-state index in [0.717, 1.165) is 57.1 Å². The Labute approximate surface area is 183 Å². The van der Waals surface area contributed by atoms with Crippen LogP contribution in [-0.4, -0.2) is 71.3 Å². The van der Waals surface area contributed by atoms with Crippen LogP contribution >= 0.6 is 0 Å². The number of aryl methyl sites for hydroxylation is 1. The Morgan fingerprint density at radius 1 is 1.26 bits per heavy atom. The lowest BCUT2D eigenvalue weighted by Gasteiger charge is -2.34. The van der Waals surface area contributed by atoms with E-state index < -0.39 is 0 Å². The van der Waals surface area contributed by atoms with Gasteiger partial charge in [0.15, 0.2) is 5.96 Å². The predicted molar refractivity (Wildman–Crippen MR) is 120 cm³/mol. The molecule has 2 aliphatic heterocycles. The van der Waals surface area contributed by atoms with Crippen molar-refractivity contribution in [2.24, 2.45) is 12.0 Å². The van der Waals surface area contributed by atoms with Gasteiger partial charge in [-0.05, 0) is 24.0 Å². The molecule has 0 radical (unpaired) electrons. The van der Waals surface area contributed by atoms with Crippen LogP contribution in [0.25, 0.3) is 0 Å². The zero-order valence-corrected chi connectivity index (χ0v) is 18.5. The number of ether oxygens (including phenoxy) is 1. The monoisotopic (exact) mass is 424 g/mol. The van der Waals surface area contributed by atoms with Crippen molar-refractivity contribution in [2.75, 3.05) is 39.8 Å². The maximum Gasteiger partial charge on any atom is 0.222 e. The maximum absolute atomic E-state index is 12.7. The summed E-state index contributed by atoms with van der Waals surface area (Å²) in [4.78, 5) is 21.3. The number of morpholine rings is 1. The molecule has 0 bridgehead atoms. The van der Waals surface area contributed by atoms with Gasteiger partial charge in [0.05, 0.1) is 19.3 Å². The minimum absolute atomic E-state index is 0.00967. The second-order valence-electron chi connectivity index (χ2n) is 8.16. The van der Waals surface area contributed by atoms with Gasteiger partial charge in [-0.2, -0.15) is 5.10 Å². The van der Waals surface area contributed by atoms with Crippen molar-refractivity contribution >= 4 is 11.9 Å². The van der Waals surface area contributed by atoms with Gasteiger partial charge in [0.25, 0.3) is 0 Å². The summed E-state index contributed by atoms with van der Waals surface area (Å²) in [6, 6.07) is 8.41. The number of carbonyl (C=O) groups excluding carboxylic acids is 1. The number of fused-ring (bicyclic) bond motifs is 1. The molecule has 2 aromatic rings. The average molecular weight is 425 g/mol. The highest BCUT2D eigenvalue weighted by atomic mass is 16.5. The first kappa shape index (κ1) is 21.4. The van der Waals surface area contributed by atoms with Crippen LogP contribution in [0.2, 0.25) is 0 Å². The van der Waals surface area contributed by atoms with Crippen LogP contribution in [0.3, 0.4) is 0 Å². The molecule has 8 nitrogen and oxygen atoms in total. The van der Waals surface area contributed by atoms with E-state index in [2.05, 4.69) is 38.5 Å². The Morgan fingerprint density at radius 3 is 2.87 bits per heavy atom. The van der Waals surface area contributed by atoms with Gasteiger partial charge in [0.2, 0.25) is 5.91 Å². The molecule has 0 saturated carbocycles. The maximum atomic E-state index is 12.7. The summed E-state index contributed by atoms with van der Waals surface area (Å²) in [7, 11) is 3.71. The molecule has 31 heavy (non-hydrogen) atoms. The lowest BCUT2D eigenvalue weighted by atomic mass is 9.99. The van der Waals surface area contributed by atoms with Gasteiger partial charge >= 0.3 is 0 Å². The fraction of sp³-hybridized carbons (Fsp3) is 0.522. The Balaban J connectivity index is 1.22. The molecule has 1 amide bonds. The second-order valence-corrected chi connectivity index (χ2v) is 8.16. The molecular weight excluding hydrogens is 392 g/mol. The zero-order valence-electron chi connectivity index (χ0n) is 18.5. The lowest BCUT2D eigenvalue weighted by molar-refractivity contribution is -0.132. The van der Waals surface area contributed by atoms with Crippen LogP contribution in [-0.2, 0) is 29.5 Å².